The maximum absolute atomic E-state index is 9.53. The number of aliphatic hydroxyl groups is 1. The van der Waals surface area contributed by atoms with E-state index in [0.29, 0.717) is 5.33 Å². The maximum Gasteiger partial charge on any atom is 0.0886 e. The van der Waals surface area contributed by atoms with Crippen molar-refractivity contribution in [2.24, 2.45) is 0 Å². The molecule has 1 N–H and O–H groups in total. The van der Waals surface area contributed by atoms with Crippen LogP contribution in [0.1, 0.15) is 22.8 Å². The number of aryl methyl sites for hydroxylation is 2. The Kier molecular flexibility index (Phi) is 3.29. The first-order chi connectivity index (χ1) is 5.63. The van der Waals surface area contributed by atoms with Crippen molar-refractivity contribution < 1.29 is 5.11 Å². The molecule has 1 aromatic rings. The SMILES string of the molecule is Cc1cc(C)cc([C@@H](O)CBr)c1. The summed E-state index contributed by atoms with van der Waals surface area (Å²) in [5.74, 6) is 0. The Morgan fingerprint density at radius 2 is 1.75 bits per heavy atom. The quantitative estimate of drug-likeness (QED) is 0.773. The molecule has 1 rings (SSSR count). The molecular weight excluding hydrogens is 216 g/mol. The minimum absolute atomic E-state index is 0.386. The second kappa shape index (κ2) is 4.06. The molecule has 66 valence electrons. The van der Waals surface area contributed by atoms with Gasteiger partial charge in [0.05, 0.1) is 6.10 Å². The fourth-order valence-corrected chi connectivity index (χ4v) is 1.67. The molecular formula is C10H13BrO. The molecule has 0 amide bonds. The van der Waals surface area contributed by atoms with Crippen LogP contribution in [0.4, 0.5) is 0 Å². The lowest BCUT2D eigenvalue weighted by molar-refractivity contribution is 0.205. The Hall–Kier alpha value is -0.340. The van der Waals surface area contributed by atoms with Crippen LogP contribution in [-0.4, -0.2) is 10.4 Å². The van der Waals surface area contributed by atoms with E-state index in [1.54, 1.807) is 0 Å². The molecule has 0 heterocycles. The average molecular weight is 229 g/mol. The van der Waals surface area contributed by atoms with Crippen molar-refractivity contribution in [2.75, 3.05) is 5.33 Å². The van der Waals surface area contributed by atoms with Gasteiger partial charge in [-0.15, -0.1) is 0 Å². The van der Waals surface area contributed by atoms with Gasteiger partial charge in [0.15, 0.2) is 0 Å². The van der Waals surface area contributed by atoms with E-state index >= 15 is 0 Å². The van der Waals surface area contributed by atoms with E-state index in [1.165, 1.54) is 11.1 Å². The topological polar surface area (TPSA) is 20.2 Å². The van der Waals surface area contributed by atoms with Crippen molar-refractivity contribution in [3.63, 3.8) is 0 Å². The summed E-state index contributed by atoms with van der Waals surface area (Å²) in [6.45, 7) is 4.08. The largest absolute Gasteiger partial charge is 0.388 e. The normalized spacial score (nSPS) is 13.0. The third-order valence-corrected chi connectivity index (χ3v) is 2.39. The highest BCUT2D eigenvalue weighted by atomic mass is 79.9. The van der Waals surface area contributed by atoms with Crippen LogP contribution in [-0.2, 0) is 0 Å². The lowest BCUT2D eigenvalue weighted by Crippen LogP contribution is -1.98. The summed E-state index contributed by atoms with van der Waals surface area (Å²) >= 11 is 3.25. The van der Waals surface area contributed by atoms with Gasteiger partial charge in [0.1, 0.15) is 0 Å². The Morgan fingerprint density at radius 3 is 2.17 bits per heavy atom. The standard InChI is InChI=1S/C10H13BrO/c1-7-3-8(2)5-9(4-7)10(12)6-11/h3-5,10,12H,6H2,1-2H3/t10-/m0/s1. The Morgan fingerprint density at radius 1 is 1.25 bits per heavy atom. The third kappa shape index (κ3) is 2.32. The Balaban J connectivity index is 3.00. The van der Waals surface area contributed by atoms with Crippen molar-refractivity contribution in [2.45, 2.75) is 20.0 Å². The number of rotatable bonds is 2. The van der Waals surface area contributed by atoms with Crippen LogP contribution >= 0.6 is 15.9 Å². The van der Waals surface area contributed by atoms with Gasteiger partial charge in [0.25, 0.3) is 0 Å². The van der Waals surface area contributed by atoms with Gasteiger partial charge in [-0.05, 0) is 19.4 Å². The first-order valence-corrected chi connectivity index (χ1v) is 5.08. The summed E-state index contributed by atoms with van der Waals surface area (Å²) < 4.78 is 0. The number of halogens is 1. The molecule has 1 atom stereocenters. The lowest BCUT2D eigenvalue weighted by atomic mass is 10.0. The van der Waals surface area contributed by atoms with Crippen molar-refractivity contribution >= 4 is 15.9 Å². The summed E-state index contributed by atoms with van der Waals surface area (Å²) in [7, 11) is 0. The van der Waals surface area contributed by atoms with Crippen LogP contribution in [0.25, 0.3) is 0 Å². The average Bonchev–Trinajstić information content (AvgIpc) is 2.01. The molecule has 0 aliphatic carbocycles. The molecule has 0 saturated carbocycles. The second-order valence-corrected chi connectivity index (χ2v) is 3.74. The van der Waals surface area contributed by atoms with E-state index in [4.69, 9.17) is 0 Å². The Labute approximate surface area is 81.6 Å². The highest BCUT2D eigenvalue weighted by Gasteiger charge is 2.05. The van der Waals surface area contributed by atoms with Crippen LogP contribution in [0.2, 0.25) is 0 Å². The van der Waals surface area contributed by atoms with E-state index in [1.807, 2.05) is 26.0 Å². The molecule has 0 aliphatic heterocycles. The molecule has 0 bridgehead atoms. The van der Waals surface area contributed by atoms with E-state index in [2.05, 4.69) is 22.0 Å². The highest BCUT2D eigenvalue weighted by molar-refractivity contribution is 9.09. The smallest absolute Gasteiger partial charge is 0.0886 e. The first kappa shape index (κ1) is 9.75. The number of alkyl halides is 1. The molecule has 12 heavy (non-hydrogen) atoms. The van der Waals surface area contributed by atoms with Gasteiger partial charge in [-0.2, -0.15) is 0 Å². The fraction of sp³-hybridized carbons (Fsp3) is 0.400. The summed E-state index contributed by atoms with van der Waals surface area (Å²) in [6.07, 6.45) is -0.386. The second-order valence-electron chi connectivity index (χ2n) is 3.09. The number of benzene rings is 1. The van der Waals surface area contributed by atoms with Gasteiger partial charge >= 0.3 is 0 Å². The molecule has 0 aromatic heterocycles. The van der Waals surface area contributed by atoms with E-state index in [0.717, 1.165) is 5.56 Å². The number of aliphatic hydroxyl groups excluding tert-OH is 1. The summed E-state index contributed by atoms with van der Waals surface area (Å²) in [6, 6.07) is 6.13. The van der Waals surface area contributed by atoms with E-state index < -0.39 is 0 Å². The molecule has 0 spiro atoms. The van der Waals surface area contributed by atoms with Crippen molar-refractivity contribution in [1.29, 1.82) is 0 Å². The summed E-state index contributed by atoms with van der Waals surface area (Å²) in [4.78, 5) is 0. The van der Waals surface area contributed by atoms with Crippen LogP contribution < -0.4 is 0 Å². The van der Waals surface area contributed by atoms with Crippen LogP contribution in [0.15, 0.2) is 18.2 Å². The third-order valence-electron chi connectivity index (χ3n) is 1.77. The number of hydrogen-bond donors (Lipinski definition) is 1. The van der Waals surface area contributed by atoms with Gasteiger partial charge < -0.3 is 5.11 Å². The van der Waals surface area contributed by atoms with Gasteiger partial charge in [-0.1, -0.05) is 45.3 Å². The number of hydrogen-bond acceptors (Lipinski definition) is 1. The fourth-order valence-electron chi connectivity index (χ4n) is 1.29. The zero-order valence-corrected chi connectivity index (χ0v) is 8.93. The molecule has 0 fully saturated rings. The predicted molar refractivity (Wildman–Crippen MR) is 54.7 cm³/mol. The Bertz CT molecular complexity index is 250. The minimum atomic E-state index is -0.386. The molecule has 0 unspecified atom stereocenters. The molecule has 2 heteroatoms. The van der Waals surface area contributed by atoms with Crippen LogP contribution in [0.3, 0.4) is 0 Å². The molecule has 0 aliphatic rings. The van der Waals surface area contributed by atoms with Crippen LogP contribution in [0.5, 0.6) is 0 Å². The molecule has 0 saturated heterocycles. The maximum atomic E-state index is 9.53. The highest BCUT2D eigenvalue weighted by Crippen LogP contribution is 2.18. The molecule has 1 aromatic carbocycles. The zero-order chi connectivity index (χ0) is 9.14. The van der Waals surface area contributed by atoms with Crippen molar-refractivity contribution in [1.82, 2.24) is 0 Å². The first-order valence-electron chi connectivity index (χ1n) is 3.95. The van der Waals surface area contributed by atoms with Gasteiger partial charge in [-0.3, -0.25) is 0 Å². The predicted octanol–water partition coefficient (Wildman–Crippen LogP) is 2.73. The summed E-state index contributed by atoms with van der Waals surface area (Å²) in [5, 5.41) is 10.1. The summed E-state index contributed by atoms with van der Waals surface area (Å²) in [5.41, 5.74) is 3.39. The zero-order valence-electron chi connectivity index (χ0n) is 7.34. The van der Waals surface area contributed by atoms with Crippen molar-refractivity contribution in [3.05, 3.63) is 34.9 Å². The minimum Gasteiger partial charge on any atom is -0.388 e. The lowest BCUT2D eigenvalue weighted by Gasteiger charge is -2.09. The van der Waals surface area contributed by atoms with Gasteiger partial charge in [-0.25, -0.2) is 0 Å². The van der Waals surface area contributed by atoms with E-state index in [-0.39, 0.29) is 6.10 Å². The van der Waals surface area contributed by atoms with Gasteiger partial charge in [0.2, 0.25) is 0 Å². The van der Waals surface area contributed by atoms with Crippen molar-refractivity contribution in [3.8, 4) is 0 Å². The molecule has 1 nitrogen and oxygen atoms in total. The van der Waals surface area contributed by atoms with E-state index in [9.17, 15) is 5.11 Å². The van der Waals surface area contributed by atoms with Crippen LogP contribution in [0, 0.1) is 13.8 Å². The monoisotopic (exact) mass is 228 g/mol. The molecule has 0 radical (unpaired) electrons. The van der Waals surface area contributed by atoms with Gasteiger partial charge in [0, 0.05) is 5.33 Å².